The highest BCUT2D eigenvalue weighted by Gasteiger charge is 2.20. The third-order valence-corrected chi connectivity index (χ3v) is 4.87. The minimum Gasteiger partial charge on any atom is -0.461 e. The Labute approximate surface area is 189 Å². The molecule has 4 aromatic heterocycles. The van der Waals surface area contributed by atoms with Crippen molar-refractivity contribution in [1.29, 1.82) is 0 Å². The first-order valence-electron chi connectivity index (χ1n) is 10.5. The highest BCUT2D eigenvalue weighted by Crippen LogP contribution is 2.30. The van der Waals surface area contributed by atoms with Gasteiger partial charge in [-0.15, -0.1) is 0 Å². The lowest BCUT2D eigenvalue weighted by Crippen LogP contribution is -2.04. The van der Waals surface area contributed by atoms with Crippen molar-refractivity contribution in [1.82, 2.24) is 39.5 Å². The Morgan fingerprint density at radius 3 is 2.58 bits per heavy atom. The van der Waals surface area contributed by atoms with E-state index in [0.717, 1.165) is 11.3 Å². The van der Waals surface area contributed by atoms with Crippen LogP contribution in [0.5, 0.6) is 0 Å². The number of anilines is 1. The van der Waals surface area contributed by atoms with Crippen LogP contribution in [-0.2, 0) is 23.2 Å². The molecule has 1 aromatic carbocycles. The van der Waals surface area contributed by atoms with Crippen molar-refractivity contribution in [3.63, 3.8) is 0 Å². The fourth-order valence-electron chi connectivity index (χ4n) is 3.36. The summed E-state index contributed by atoms with van der Waals surface area (Å²) in [5.74, 6) is 0.343. The molecule has 2 N–H and O–H groups in total. The van der Waals surface area contributed by atoms with E-state index < -0.39 is 0 Å². The summed E-state index contributed by atoms with van der Waals surface area (Å²) in [6, 6.07) is 11.0. The first kappa shape index (κ1) is 19.0. The van der Waals surface area contributed by atoms with E-state index in [0.29, 0.717) is 34.1 Å². The Balaban J connectivity index is 1.70. The molecule has 0 bridgehead atoms. The molecule has 4 heterocycles. The van der Waals surface area contributed by atoms with Crippen molar-refractivity contribution in [2.24, 2.45) is 7.05 Å². The molecule has 0 radical (unpaired) electrons. The van der Waals surface area contributed by atoms with E-state index in [1.165, 1.54) is 17.9 Å². The van der Waals surface area contributed by atoms with Gasteiger partial charge in [-0.2, -0.15) is 15.0 Å². The number of esters is 1. The highest BCUT2D eigenvalue weighted by atomic mass is 16.5. The second-order valence-electron chi connectivity index (χ2n) is 7.20. The second kappa shape index (κ2) is 8.11. The minimum absolute atomic E-state index is 0.0219. The predicted molar refractivity (Wildman–Crippen MR) is 120 cm³/mol. The fourth-order valence-corrected chi connectivity index (χ4v) is 3.36. The standard InChI is InChI=1S/C22H19N9O2/c1-13(32)33-12-14-3-5-15(6-4-14)31-21-17(28-22(31)19-20(23)25-10-9-24-19)8-7-16(27-21)18-11-26-30(2)29-18/h3-11H,12H2,1-2H3,(H2,23,25)/i11D. The molecule has 5 rings (SSSR count). The van der Waals surface area contributed by atoms with E-state index in [1.807, 2.05) is 28.8 Å². The van der Waals surface area contributed by atoms with Crippen LogP contribution >= 0.6 is 0 Å². The number of aromatic nitrogens is 8. The number of fused-ring (bicyclic) bond motifs is 1. The van der Waals surface area contributed by atoms with Crippen LogP contribution in [0.1, 0.15) is 13.9 Å². The van der Waals surface area contributed by atoms with E-state index in [-0.39, 0.29) is 24.6 Å². The second-order valence-corrected chi connectivity index (χ2v) is 7.20. The average molecular weight is 442 g/mol. The Morgan fingerprint density at radius 1 is 1.09 bits per heavy atom. The third-order valence-electron chi connectivity index (χ3n) is 4.87. The highest BCUT2D eigenvalue weighted by molar-refractivity contribution is 5.83. The van der Waals surface area contributed by atoms with Crippen LogP contribution in [0.3, 0.4) is 0 Å². The molecule has 0 fully saturated rings. The number of aryl methyl sites for hydroxylation is 1. The maximum Gasteiger partial charge on any atom is 0.302 e. The Kier molecular flexibility index (Phi) is 4.68. The van der Waals surface area contributed by atoms with Crippen molar-refractivity contribution in [2.45, 2.75) is 13.5 Å². The van der Waals surface area contributed by atoms with Gasteiger partial charge in [-0.1, -0.05) is 12.1 Å². The average Bonchev–Trinajstić information content (AvgIpc) is 3.36. The van der Waals surface area contributed by atoms with Gasteiger partial charge in [0, 0.05) is 32.1 Å². The topological polar surface area (TPSA) is 140 Å². The fraction of sp³-hybridized carbons (Fsp3) is 0.136. The maximum atomic E-state index is 11.1. The lowest BCUT2D eigenvalue weighted by molar-refractivity contribution is -0.142. The number of rotatable bonds is 5. The summed E-state index contributed by atoms with van der Waals surface area (Å²) in [6.45, 7) is 1.54. The normalized spacial score (nSPS) is 11.5. The Bertz CT molecular complexity index is 1530. The summed E-state index contributed by atoms with van der Waals surface area (Å²) in [4.78, 5) is 30.5. The van der Waals surface area contributed by atoms with Gasteiger partial charge >= 0.3 is 5.97 Å². The number of imidazole rings is 1. The van der Waals surface area contributed by atoms with Gasteiger partial charge in [0.15, 0.2) is 17.3 Å². The zero-order valence-electron chi connectivity index (χ0n) is 18.8. The lowest BCUT2D eigenvalue weighted by Gasteiger charge is -2.11. The summed E-state index contributed by atoms with van der Waals surface area (Å²) in [7, 11) is 1.65. The number of ether oxygens (including phenoxy) is 1. The number of nitrogen functional groups attached to an aromatic ring is 1. The van der Waals surface area contributed by atoms with Gasteiger partial charge in [0.2, 0.25) is 0 Å². The quantitative estimate of drug-likeness (QED) is 0.406. The van der Waals surface area contributed by atoms with E-state index in [1.54, 1.807) is 25.4 Å². The number of nitrogens with zero attached hydrogens (tertiary/aromatic N) is 8. The summed E-state index contributed by atoms with van der Waals surface area (Å²) >= 11 is 0. The van der Waals surface area contributed by atoms with Gasteiger partial charge in [-0.05, 0) is 29.8 Å². The van der Waals surface area contributed by atoms with Crippen molar-refractivity contribution in [2.75, 3.05) is 5.73 Å². The number of nitrogens with two attached hydrogens (primary N) is 1. The molecule has 0 saturated carbocycles. The van der Waals surface area contributed by atoms with Crippen LogP contribution in [0, 0.1) is 0 Å². The number of pyridine rings is 1. The summed E-state index contributed by atoms with van der Waals surface area (Å²) in [5, 5.41) is 8.25. The lowest BCUT2D eigenvalue weighted by atomic mass is 10.2. The molecule has 0 unspecified atom stereocenters. The molecule has 164 valence electrons. The molecular formula is C22H19N9O2. The van der Waals surface area contributed by atoms with E-state index in [2.05, 4.69) is 20.2 Å². The molecule has 5 aromatic rings. The predicted octanol–water partition coefficient (Wildman–Crippen LogP) is 2.32. The first-order valence-corrected chi connectivity index (χ1v) is 9.98. The SMILES string of the molecule is [2H]c1nn(C)nc1-c1ccc2nc(-c3nccnc3N)n(-c3ccc(COC(C)=O)cc3)c2n1. The molecule has 11 heteroatoms. The summed E-state index contributed by atoms with van der Waals surface area (Å²) in [5.41, 5.74) is 10.1. The monoisotopic (exact) mass is 442 g/mol. The van der Waals surface area contributed by atoms with Crippen LogP contribution in [-0.4, -0.2) is 45.5 Å². The number of carbonyl (C=O) groups excluding carboxylic acids is 1. The van der Waals surface area contributed by atoms with Crippen molar-refractivity contribution in [3.05, 3.63) is 60.5 Å². The molecule has 0 aliphatic rings. The van der Waals surface area contributed by atoms with Gasteiger partial charge in [0.1, 0.15) is 23.5 Å². The first-order chi connectivity index (χ1) is 16.4. The zero-order chi connectivity index (χ0) is 23.8. The molecule has 33 heavy (non-hydrogen) atoms. The zero-order valence-corrected chi connectivity index (χ0v) is 17.8. The van der Waals surface area contributed by atoms with Gasteiger partial charge in [-0.3, -0.25) is 9.36 Å². The van der Waals surface area contributed by atoms with Gasteiger partial charge in [-0.25, -0.2) is 19.9 Å². The Morgan fingerprint density at radius 2 is 1.88 bits per heavy atom. The number of benzene rings is 1. The summed E-state index contributed by atoms with van der Waals surface area (Å²) in [6.07, 6.45) is 3.08. The molecule has 0 spiro atoms. The Hall–Kier alpha value is -4.67. The smallest absolute Gasteiger partial charge is 0.302 e. The van der Waals surface area contributed by atoms with Crippen molar-refractivity contribution in [3.8, 4) is 28.6 Å². The van der Waals surface area contributed by atoms with Crippen LogP contribution in [0.25, 0.3) is 39.8 Å². The molecular weight excluding hydrogens is 422 g/mol. The van der Waals surface area contributed by atoms with E-state index in [9.17, 15) is 4.79 Å². The molecule has 0 aliphatic heterocycles. The van der Waals surface area contributed by atoms with Crippen LogP contribution < -0.4 is 5.73 Å². The van der Waals surface area contributed by atoms with Crippen LogP contribution in [0.15, 0.2) is 55.0 Å². The van der Waals surface area contributed by atoms with Crippen LogP contribution in [0.2, 0.25) is 0 Å². The number of hydrogen-bond acceptors (Lipinski definition) is 9. The molecule has 11 nitrogen and oxygen atoms in total. The molecule has 0 amide bonds. The third kappa shape index (κ3) is 3.87. The summed E-state index contributed by atoms with van der Waals surface area (Å²) < 4.78 is 15.0. The van der Waals surface area contributed by atoms with Gasteiger partial charge in [0.05, 0.1) is 13.2 Å². The van der Waals surface area contributed by atoms with Gasteiger partial charge < -0.3 is 10.5 Å². The maximum absolute atomic E-state index is 11.1. The van der Waals surface area contributed by atoms with Crippen molar-refractivity contribution >= 4 is 23.0 Å². The molecule has 0 atom stereocenters. The van der Waals surface area contributed by atoms with Crippen molar-refractivity contribution < 1.29 is 10.9 Å². The largest absolute Gasteiger partial charge is 0.461 e. The minimum atomic E-state index is -0.348. The molecule has 0 aliphatic carbocycles. The number of hydrogen-bond donors (Lipinski definition) is 1. The van der Waals surface area contributed by atoms with Crippen LogP contribution in [0.4, 0.5) is 5.82 Å². The van der Waals surface area contributed by atoms with Gasteiger partial charge in [0.25, 0.3) is 0 Å². The number of carbonyl (C=O) groups is 1. The van der Waals surface area contributed by atoms with E-state index in [4.69, 9.17) is 21.8 Å². The molecule has 0 saturated heterocycles. The van der Waals surface area contributed by atoms with E-state index >= 15 is 0 Å².